The number of hydrogen-bond donors (Lipinski definition) is 1. The van der Waals surface area contributed by atoms with Crippen LogP contribution in [0.25, 0.3) is 0 Å². The van der Waals surface area contributed by atoms with E-state index in [0.717, 1.165) is 18.5 Å². The normalized spacial score (nSPS) is 12.7. The molecular formula is C12H21N3. The molecular weight excluding hydrogens is 186 g/mol. The van der Waals surface area contributed by atoms with Gasteiger partial charge in [0.25, 0.3) is 0 Å². The SMILES string of the molecule is C=CCCCC(NC)c1cc(C)nn1C. The van der Waals surface area contributed by atoms with E-state index in [1.807, 2.05) is 31.8 Å². The van der Waals surface area contributed by atoms with Gasteiger partial charge in [0, 0.05) is 13.1 Å². The molecule has 1 aromatic heterocycles. The van der Waals surface area contributed by atoms with Gasteiger partial charge < -0.3 is 5.32 Å². The summed E-state index contributed by atoms with van der Waals surface area (Å²) in [5, 5.41) is 7.70. The topological polar surface area (TPSA) is 29.9 Å². The smallest absolute Gasteiger partial charge is 0.0597 e. The van der Waals surface area contributed by atoms with Crippen LogP contribution in [0.2, 0.25) is 0 Å². The highest BCUT2D eigenvalue weighted by Gasteiger charge is 2.13. The summed E-state index contributed by atoms with van der Waals surface area (Å²) < 4.78 is 1.96. The number of nitrogens with one attached hydrogen (secondary N) is 1. The van der Waals surface area contributed by atoms with Gasteiger partial charge in [0.15, 0.2) is 0 Å². The Bertz CT molecular complexity index is 315. The van der Waals surface area contributed by atoms with E-state index in [0.29, 0.717) is 6.04 Å². The molecule has 0 aliphatic heterocycles. The molecule has 0 bridgehead atoms. The van der Waals surface area contributed by atoms with E-state index in [1.54, 1.807) is 0 Å². The van der Waals surface area contributed by atoms with Crippen LogP contribution < -0.4 is 5.32 Å². The van der Waals surface area contributed by atoms with E-state index >= 15 is 0 Å². The van der Waals surface area contributed by atoms with E-state index in [1.165, 1.54) is 12.1 Å². The zero-order chi connectivity index (χ0) is 11.3. The lowest BCUT2D eigenvalue weighted by molar-refractivity contribution is 0.492. The molecule has 0 aromatic carbocycles. The molecule has 1 heterocycles. The predicted octanol–water partition coefficient (Wildman–Crippen LogP) is 2.35. The van der Waals surface area contributed by atoms with Crippen molar-refractivity contribution in [3.63, 3.8) is 0 Å². The maximum absolute atomic E-state index is 4.36. The Hall–Kier alpha value is -1.09. The standard InChI is InChI=1S/C12H21N3/c1-5-6-7-8-11(13-3)12-9-10(2)14-15(12)4/h5,9,11,13H,1,6-8H2,2-4H3. The second-order valence-electron chi connectivity index (χ2n) is 3.90. The van der Waals surface area contributed by atoms with Gasteiger partial charge >= 0.3 is 0 Å². The van der Waals surface area contributed by atoms with Crippen LogP contribution in [0.15, 0.2) is 18.7 Å². The first-order valence-electron chi connectivity index (χ1n) is 5.47. The van der Waals surface area contributed by atoms with Crippen LogP contribution >= 0.6 is 0 Å². The summed E-state index contributed by atoms with van der Waals surface area (Å²) in [7, 11) is 4.00. The van der Waals surface area contributed by atoms with Gasteiger partial charge in [-0.05, 0) is 39.3 Å². The lowest BCUT2D eigenvalue weighted by Crippen LogP contribution is -2.19. The van der Waals surface area contributed by atoms with Crippen molar-refractivity contribution in [2.45, 2.75) is 32.2 Å². The largest absolute Gasteiger partial charge is 0.312 e. The summed E-state index contributed by atoms with van der Waals surface area (Å²) >= 11 is 0. The lowest BCUT2D eigenvalue weighted by Gasteiger charge is -2.15. The summed E-state index contributed by atoms with van der Waals surface area (Å²) in [6, 6.07) is 2.55. The first-order chi connectivity index (χ1) is 7.19. The van der Waals surface area contributed by atoms with Crippen molar-refractivity contribution >= 4 is 0 Å². The Balaban J connectivity index is 2.65. The van der Waals surface area contributed by atoms with Crippen molar-refractivity contribution in [3.8, 4) is 0 Å². The predicted molar refractivity (Wildman–Crippen MR) is 63.8 cm³/mol. The zero-order valence-corrected chi connectivity index (χ0v) is 9.95. The number of aromatic nitrogens is 2. The molecule has 0 aliphatic carbocycles. The third-order valence-electron chi connectivity index (χ3n) is 2.64. The molecule has 0 amide bonds. The van der Waals surface area contributed by atoms with E-state index < -0.39 is 0 Å². The summed E-state index contributed by atoms with van der Waals surface area (Å²) in [6.07, 6.45) is 5.34. The highest BCUT2D eigenvalue weighted by molar-refractivity contribution is 5.12. The molecule has 0 aliphatic rings. The minimum Gasteiger partial charge on any atom is -0.312 e. The van der Waals surface area contributed by atoms with Crippen LogP contribution in [0.4, 0.5) is 0 Å². The van der Waals surface area contributed by atoms with Gasteiger partial charge in [-0.1, -0.05) is 6.08 Å². The Morgan fingerprint density at radius 2 is 2.40 bits per heavy atom. The molecule has 1 rings (SSSR count). The van der Waals surface area contributed by atoms with Crippen LogP contribution in [0.1, 0.15) is 36.7 Å². The summed E-state index contributed by atoms with van der Waals surface area (Å²) in [5.41, 5.74) is 2.34. The Labute approximate surface area is 92.2 Å². The molecule has 1 N–H and O–H groups in total. The Morgan fingerprint density at radius 1 is 1.67 bits per heavy atom. The van der Waals surface area contributed by atoms with Crippen molar-refractivity contribution < 1.29 is 0 Å². The highest BCUT2D eigenvalue weighted by atomic mass is 15.3. The van der Waals surface area contributed by atoms with Crippen LogP contribution in [-0.2, 0) is 7.05 Å². The molecule has 1 aromatic rings. The highest BCUT2D eigenvalue weighted by Crippen LogP contribution is 2.19. The van der Waals surface area contributed by atoms with E-state index in [9.17, 15) is 0 Å². The molecule has 0 spiro atoms. The lowest BCUT2D eigenvalue weighted by atomic mass is 10.1. The Kier molecular flexibility index (Phi) is 4.56. The molecule has 0 fully saturated rings. The van der Waals surface area contributed by atoms with Gasteiger partial charge in [-0.15, -0.1) is 6.58 Å². The van der Waals surface area contributed by atoms with Gasteiger partial charge in [-0.2, -0.15) is 5.10 Å². The first kappa shape index (κ1) is 12.0. The van der Waals surface area contributed by atoms with Crippen molar-refractivity contribution in [2.24, 2.45) is 7.05 Å². The third kappa shape index (κ3) is 3.20. The molecule has 15 heavy (non-hydrogen) atoms. The van der Waals surface area contributed by atoms with Gasteiger partial charge in [-0.25, -0.2) is 0 Å². The minimum absolute atomic E-state index is 0.399. The van der Waals surface area contributed by atoms with Gasteiger partial charge in [0.05, 0.1) is 11.4 Å². The van der Waals surface area contributed by atoms with Crippen molar-refractivity contribution in [2.75, 3.05) is 7.05 Å². The fourth-order valence-electron chi connectivity index (χ4n) is 1.86. The fourth-order valence-corrected chi connectivity index (χ4v) is 1.86. The van der Waals surface area contributed by atoms with Gasteiger partial charge in [0.1, 0.15) is 0 Å². The molecule has 1 unspecified atom stereocenters. The molecule has 3 heteroatoms. The van der Waals surface area contributed by atoms with Gasteiger partial charge in [-0.3, -0.25) is 4.68 Å². The molecule has 1 atom stereocenters. The van der Waals surface area contributed by atoms with E-state index in [-0.39, 0.29) is 0 Å². The van der Waals surface area contributed by atoms with Crippen LogP contribution in [0, 0.1) is 6.92 Å². The van der Waals surface area contributed by atoms with Crippen LogP contribution in [0.3, 0.4) is 0 Å². The van der Waals surface area contributed by atoms with Crippen LogP contribution in [-0.4, -0.2) is 16.8 Å². The average Bonchev–Trinajstić information content (AvgIpc) is 2.53. The molecule has 0 saturated heterocycles. The summed E-state index contributed by atoms with van der Waals surface area (Å²) in [6.45, 7) is 5.77. The van der Waals surface area contributed by atoms with Gasteiger partial charge in [0.2, 0.25) is 0 Å². The number of nitrogens with zero attached hydrogens (tertiary/aromatic N) is 2. The number of allylic oxidation sites excluding steroid dienone is 1. The molecule has 0 radical (unpaired) electrons. The minimum atomic E-state index is 0.399. The maximum atomic E-state index is 4.36. The average molecular weight is 207 g/mol. The summed E-state index contributed by atoms with van der Waals surface area (Å²) in [5.74, 6) is 0. The van der Waals surface area contributed by atoms with Crippen molar-refractivity contribution in [1.82, 2.24) is 15.1 Å². The van der Waals surface area contributed by atoms with E-state index in [2.05, 4.69) is 23.1 Å². The van der Waals surface area contributed by atoms with Crippen molar-refractivity contribution in [3.05, 3.63) is 30.1 Å². The molecule has 3 nitrogen and oxygen atoms in total. The third-order valence-corrected chi connectivity index (χ3v) is 2.64. The maximum Gasteiger partial charge on any atom is 0.0597 e. The quantitative estimate of drug-likeness (QED) is 0.573. The van der Waals surface area contributed by atoms with Crippen LogP contribution in [0.5, 0.6) is 0 Å². The second kappa shape index (κ2) is 5.71. The molecule has 84 valence electrons. The summed E-state index contributed by atoms with van der Waals surface area (Å²) in [4.78, 5) is 0. The number of aryl methyl sites for hydroxylation is 2. The zero-order valence-electron chi connectivity index (χ0n) is 9.95. The number of unbranched alkanes of at least 4 members (excludes halogenated alkanes) is 1. The van der Waals surface area contributed by atoms with E-state index in [4.69, 9.17) is 0 Å². The number of hydrogen-bond acceptors (Lipinski definition) is 2. The second-order valence-corrected chi connectivity index (χ2v) is 3.90. The Morgan fingerprint density at radius 3 is 2.87 bits per heavy atom. The monoisotopic (exact) mass is 207 g/mol. The molecule has 0 saturated carbocycles. The number of rotatable bonds is 6. The van der Waals surface area contributed by atoms with Crippen molar-refractivity contribution in [1.29, 1.82) is 0 Å². The fraction of sp³-hybridized carbons (Fsp3) is 0.583. The first-order valence-corrected chi connectivity index (χ1v) is 5.47.